The van der Waals surface area contributed by atoms with Crippen LogP contribution in [0.3, 0.4) is 0 Å². The van der Waals surface area contributed by atoms with Crippen molar-refractivity contribution in [1.82, 2.24) is 24.5 Å². The Morgan fingerprint density at radius 3 is 2.26 bits per heavy atom. The number of halogens is 1. The highest BCUT2D eigenvalue weighted by atomic mass is 35.5. The van der Waals surface area contributed by atoms with Gasteiger partial charge in [0.05, 0.1) is 5.69 Å². The molecule has 7 heteroatoms. The Labute approximate surface area is 186 Å². The van der Waals surface area contributed by atoms with Crippen LogP contribution in [0, 0.1) is 0 Å². The Kier molecular flexibility index (Phi) is 4.62. The normalized spacial score (nSPS) is 17.4. The van der Waals surface area contributed by atoms with Crippen molar-refractivity contribution in [3.05, 3.63) is 65.9 Å². The molecule has 1 aromatic carbocycles. The predicted octanol–water partition coefficient (Wildman–Crippen LogP) is 4.40. The quantitative estimate of drug-likeness (QED) is 0.480. The average molecular weight is 431 g/mol. The lowest BCUT2D eigenvalue weighted by Crippen LogP contribution is -2.47. The molecule has 3 aromatic heterocycles. The molecule has 1 saturated heterocycles. The summed E-state index contributed by atoms with van der Waals surface area (Å²) in [5, 5.41) is 5.75. The van der Waals surface area contributed by atoms with Gasteiger partial charge in [-0.25, -0.2) is 9.50 Å². The third-order valence-electron chi connectivity index (χ3n) is 6.24. The van der Waals surface area contributed by atoms with Gasteiger partial charge in [-0.3, -0.25) is 9.88 Å². The smallest absolute Gasteiger partial charge is 0.155 e. The summed E-state index contributed by atoms with van der Waals surface area (Å²) in [5.74, 6) is 0.998. The van der Waals surface area contributed by atoms with Crippen LogP contribution in [0.4, 0.5) is 5.82 Å². The molecule has 0 unspecified atom stereocenters. The Morgan fingerprint density at radius 1 is 0.806 bits per heavy atom. The molecule has 4 heterocycles. The molecule has 0 atom stereocenters. The fourth-order valence-electron chi connectivity index (χ4n) is 4.43. The van der Waals surface area contributed by atoms with E-state index in [9.17, 15) is 0 Å². The molecule has 2 fully saturated rings. The zero-order valence-corrected chi connectivity index (χ0v) is 17.9. The third kappa shape index (κ3) is 3.56. The summed E-state index contributed by atoms with van der Waals surface area (Å²) in [6, 6.07) is 16.8. The van der Waals surface area contributed by atoms with E-state index in [1.54, 1.807) is 12.4 Å². The van der Waals surface area contributed by atoms with Gasteiger partial charge >= 0.3 is 0 Å². The van der Waals surface area contributed by atoms with Crippen LogP contribution >= 0.6 is 11.6 Å². The number of fused-ring (bicyclic) bond motifs is 1. The Balaban J connectivity index is 1.43. The van der Waals surface area contributed by atoms with Crippen LogP contribution in [0.2, 0.25) is 5.02 Å². The molecule has 6 nitrogen and oxygen atoms in total. The lowest BCUT2D eigenvalue weighted by atomic mass is 10.1. The Bertz CT molecular complexity index is 1210. The number of pyridine rings is 1. The van der Waals surface area contributed by atoms with Crippen LogP contribution in [0.5, 0.6) is 0 Å². The standard InChI is InChI=1S/C24H23ClN6/c25-19-3-1-17(2-4-19)23-24(18-9-11-26-12-10-18)31-21(27-23)7-8-22(28-31)30-15-13-29(14-16-30)20-5-6-20/h1-4,7-12,20H,5-6,13-16H2. The number of anilines is 1. The fraction of sp³-hybridized carbons (Fsp3) is 0.292. The molecule has 0 amide bonds. The first-order chi connectivity index (χ1) is 15.3. The first kappa shape index (κ1) is 18.8. The number of hydrogen-bond acceptors (Lipinski definition) is 5. The number of hydrogen-bond donors (Lipinski definition) is 0. The molecule has 1 saturated carbocycles. The van der Waals surface area contributed by atoms with E-state index in [1.165, 1.54) is 12.8 Å². The first-order valence-electron chi connectivity index (χ1n) is 10.8. The summed E-state index contributed by atoms with van der Waals surface area (Å²) in [5.41, 5.74) is 4.75. The molecule has 31 heavy (non-hydrogen) atoms. The molecule has 1 aliphatic carbocycles. The second-order valence-corrected chi connectivity index (χ2v) is 8.70. The molecular weight excluding hydrogens is 408 g/mol. The van der Waals surface area contributed by atoms with Gasteiger partial charge in [0, 0.05) is 60.8 Å². The van der Waals surface area contributed by atoms with Crippen LogP contribution in [-0.2, 0) is 0 Å². The van der Waals surface area contributed by atoms with E-state index in [0.717, 1.165) is 66.2 Å². The van der Waals surface area contributed by atoms with Crippen molar-refractivity contribution in [2.45, 2.75) is 18.9 Å². The summed E-state index contributed by atoms with van der Waals surface area (Å²) in [6.07, 6.45) is 6.34. The molecule has 2 aliphatic rings. The van der Waals surface area contributed by atoms with Gasteiger partial charge in [0.1, 0.15) is 11.5 Å². The van der Waals surface area contributed by atoms with E-state index in [2.05, 4.69) is 26.9 Å². The largest absolute Gasteiger partial charge is 0.353 e. The van der Waals surface area contributed by atoms with E-state index < -0.39 is 0 Å². The molecule has 156 valence electrons. The summed E-state index contributed by atoms with van der Waals surface area (Å²) >= 11 is 6.12. The number of piperazine rings is 1. The van der Waals surface area contributed by atoms with Gasteiger partial charge in [-0.1, -0.05) is 23.7 Å². The monoisotopic (exact) mass is 430 g/mol. The van der Waals surface area contributed by atoms with Crippen LogP contribution < -0.4 is 4.90 Å². The predicted molar refractivity (Wildman–Crippen MR) is 123 cm³/mol. The number of aromatic nitrogens is 4. The minimum Gasteiger partial charge on any atom is -0.353 e. The second kappa shape index (κ2) is 7.62. The highest BCUT2D eigenvalue weighted by Crippen LogP contribution is 2.33. The van der Waals surface area contributed by atoms with E-state index in [4.69, 9.17) is 21.7 Å². The van der Waals surface area contributed by atoms with Gasteiger partial charge in [0.2, 0.25) is 0 Å². The topological polar surface area (TPSA) is 49.6 Å². The SMILES string of the molecule is Clc1ccc(-c2nc3ccc(N4CCN(C5CC5)CC4)nn3c2-c2ccncc2)cc1. The molecule has 1 aliphatic heterocycles. The minimum absolute atomic E-state index is 0.712. The van der Waals surface area contributed by atoms with E-state index in [1.807, 2.05) is 40.9 Å². The molecule has 0 radical (unpaired) electrons. The molecule has 0 N–H and O–H groups in total. The van der Waals surface area contributed by atoms with Gasteiger partial charge in [-0.2, -0.15) is 0 Å². The summed E-state index contributed by atoms with van der Waals surface area (Å²) in [6.45, 7) is 4.25. The molecule has 0 spiro atoms. The van der Waals surface area contributed by atoms with Gasteiger partial charge in [0.15, 0.2) is 5.65 Å². The first-order valence-corrected chi connectivity index (χ1v) is 11.2. The van der Waals surface area contributed by atoms with E-state index in [-0.39, 0.29) is 0 Å². The fourth-order valence-corrected chi connectivity index (χ4v) is 4.55. The molecular formula is C24H23ClN6. The number of nitrogens with zero attached hydrogens (tertiary/aromatic N) is 6. The highest BCUT2D eigenvalue weighted by molar-refractivity contribution is 6.30. The van der Waals surface area contributed by atoms with Gasteiger partial charge in [0.25, 0.3) is 0 Å². The maximum atomic E-state index is 6.12. The van der Waals surface area contributed by atoms with Crippen LogP contribution in [0.1, 0.15) is 12.8 Å². The second-order valence-electron chi connectivity index (χ2n) is 8.27. The van der Waals surface area contributed by atoms with Crippen LogP contribution in [0.25, 0.3) is 28.2 Å². The van der Waals surface area contributed by atoms with Crippen molar-refractivity contribution in [1.29, 1.82) is 0 Å². The average Bonchev–Trinajstić information content (AvgIpc) is 3.60. The van der Waals surface area contributed by atoms with Crippen molar-refractivity contribution in [2.75, 3.05) is 31.1 Å². The molecule has 0 bridgehead atoms. The minimum atomic E-state index is 0.712. The van der Waals surface area contributed by atoms with Crippen LogP contribution in [0.15, 0.2) is 60.9 Å². The maximum Gasteiger partial charge on any atom is 0.155 e. The van der Waals surface area contributed by atoms with Crippen molar-refractivity contribution in [3.8, 4) is 22.5 Å². The third-order valence-corrected chi connectivity index (χ3v) is 6.49. The van der Waals surface area contributed by atoms with Crippen molar-refractivity contribution in [2.24, 2.45) is 0 Å². The van der Waals surface area contributed by atoms with Crippen molar-refractivity contribution >= 4 is 23.1 Å². The summed E-state index contributed by atoms with van der Waals surface area (Å²) < 4.78 is 1.97. The highest BCUT2D eigenvalue weighted by Gasteiger charge is 2.31. The Hall–Kier alpha value is -2.96. The lowest BCUT2D eigenvalue weighted by molar-refractivity contribution is 0.247. The van der Waals surface area contributed by atoms with Crippen molar-refractivity contribution < 1.29 is 0 Å². The number of benzene rings is 1. The maximum absolute atomic E-state index is 6.12. The number of rotatable bonds is 4. The van der Waals surface area contributed by atoms with Crippen molar-refractivity contribution in [3.63, 3.8) is 0 Å². The van der Waals surface area contributed by atoms with Crippen LogP contribution in [-0.4, -0.2) is 56.7 Å². The van der Waals surface area contributed by atoms with E-state index >= 15 is 0 Å². The molecule has 6 rings (SSSR count). The lowest BCUT2D eigenvalue weighted by Gasteiger charge is -2.35. The Morgan fingerprint density at radius 2 is 1.55 bits per heavy atom. The van der Waals surface area contributed by atoms with Gasteiger partial charge in [-0.15, -0.1) is 5.10 Å². The number of imidazole rings is 1. The summed E-state index contributed by atoms with van der Waals surface area (Å²) in [7, 11) is 0. The zero-order chi connectivity index (χ0) is 20.8. The van der Waals surface area contributed by atoms with Gasteiger partial charge in [-0.05, 0) is 49.2 Å². The molecule has 4 aromatic rings. The van der Waals surface area contributed by atoms with Gasteiger partial charge < -0.3 is 4.90 Å². The van der Waals surface area contributed by atoms with E-state index in [0.29, 0.717) is 5.02 Å². The summed E-state index contributed by atoms with van der Waals surface area (Å²) in [4.78, 5) is 14.1. The zero-order valence-electron chi connectivity index (χ0n) is 17.2.